The molecule has 10 N–H and O–H groups in total. The normalized spacial score (nSPS) is 21.5. The lowest BCUT2D eigenvalue weighted by atomic mass is 10.0. The number of hydrogen-bond donors (Lipinski definition) is 10. The van der Waals surface area contributed by atoms with Crippen LogP contribution in [0, 0.1) is 0 Å². The highest BCUT2D eigenvalue weighted by Gasteiger charge is 2.29. The number of aliphatic hydroxyl groups is 10. The smallest absolute Gasteiger partial charge is 0.110 e. The molecule has 0 bridgehead atoms. The summed E-state index contributed by atoms with van der Waals surface area (Å²) in [4.78, 5) is 0. The van der Waals surface area contributed by atoms with E-state index in [-0.39, 0.29) is 12.8 Å². The van der Waals surface area contributed by atoms with Crippen molar-refractivity contribution in [3.63, 3.8) is 0 Å². The molecule has 0 rings (SSSR count). The van der Waals surface area contributed by atoms with Gasteiger partial charge < -0.3 is 51.1 Å². The average Bonchev–Trinajstić information content (AvgIpc) is 2.62. The van der Waals surface area contributed by atoms with Crippen molar-refractivity contribution in [2.75, 3.05) is 13.2 Å². The maximum Gasteiger partial charge on any atom is 0.110 e. The van der Waals surface area contributed by atoms with E-state index in [4.69, 9.17) is 51.1 Å². The van der Waals surface area contributed by atoms with E-state index in [2.05, 4.69) is 0 Å². The molecular formula is C14H32O10. The van der Waals surface area contributed by atoms with Gasteiger partial charge in [0.25, 0.3) is 0 Å². The summed E-state index contributed by atoms with van der Waals surface area (Å²) >= 11 is 0. The fourth-order valence-corrected chi connectivity index (χ4v) is 1.61. The van der Waals surface area contributed by atoms with Crippen LogP contribution in [-0.2, 0) is 0 Å². The van der Waals surface area contributed by atoms with E-state index in [1.807, 2.05) is 0 Å². The highest BCUT2D eigenvalue weighted by molar-refractivity contribution is 4.80. The van der Waals surface area contributed by atoms with Crippen molar-refractivity contribution >= 4 is 0 Å². The zero-order valence-electron chi connectivity index (χ0n) is 13.9. The zero-order valence-corrected chi connectivity index (χ0v) is 13.9. The Bertz CT molecular complexity index is 237. The predicted molar refractivity (Wildman–Crippen MR) is 82.8 cm³/mol. The van der Waals surface area contributed by atoms with Crippen LogP contribution in [0.15, 0.2) is 0 Å². The molecule has 0 spiro atoms. The Morgan fingerprint density at radius 3 is 0.833 bits per heavy atom. The number of rotatable bonds is 10. The fourth-order valence-electron chi connectivity index (χ4n) is 1.61. The Balaban J connectivity index is 0. The van der Waals surface area contributed by atoms with E-state index in [1.165, 1.54) is 0 Å². The summed E-state index contributed by atoms with van der Waals surface area (Å²) < 4.78 is 0. The van der Waals surface area contributed by atoms with Crippen LogP contribution in [0.5, 0.6) is 0 Å². The molecule has 0 heterocycles. The van der Waals surface area contributed by atoms with Crippen LogP contribution in [0.2, 0.25) is 0 Å². The fraction of sp³-hybridized carbons (Fsp3) is 1.00. The lowest BCUT2D eigenvalue weighted by Gasteiger charge is -2.24. The van der Waals surface area contributed by atoms with Crippen molar-refractivity contribution < 1.29 is 51.1 Å². The second-order valence-electron chi connectivity index (χ2n) is 5.41. The van der Waals surface area contributed by atoms with Gasteiger partial charge in [0.1, 0.15) is 36.6 Å². The highest BCUT2D eigenvalue weighted by atomic mass is 16.4. The molecule has 0 aliphatic heterocycles. The van der Waals surface area contributed by atoms with Gasteiger partial charge in [0.2, 0.25) is 0 Å². The molecule has 0 unspecified atom stereocenters. The molecule has 0 saturated carbocycles. The molecule has 0 aliphatic rings. The third kappa shape index (κ3) is 9.18. The molecule has 148 valence electrons. The Labute approximate surface area is 140 Å². The van der Waals surface area contributed by atoms with Crippen LogP contribution in [0.25, 0.3) is 0 Å². The van der Waals surface area contributed by atoms with E-state index in [0.29, 0.717) is 0 Å². The molecule has 24 heavy (non-hydrogen) atoms. The largest absolute Gasteiger partial charge is 0.394 e. The topological polar surface area (TPSA) is 202 Å². The van der Waals surface area contributed by atoms with Crippen molar-refractivity contribution in [1.29, 1.82) is 0 Å². The zero-order chi connectivity index (χ0) is 19.4. The van der Waals surface area contributed by atoms with Gasteiger partial charge in [0.05, 0.1) is 25.4 Å². The lowest BCUT2D eigenvalue weighted by Crippen LogP contribution is -2.45. The molecule has 0 radical (unpaired) electrons. The van der Waals surface area contributed by atoms with Gasteiger partial charge in [-0.15, -0.1) is 0 Å². The lowest BCUT2D eigenvalue weighted by molar-refractivity contribution is -0.115. The van der Waals surface area contributed by atoms with Gasteiger partial charge in [-0.1, -0.05) is 13.8 Å². The average molecular weight is 360 g/mol. The Kier molecular flexibility index (Phi) is 14.9. The van der Waals surface area contributed by atoms with Crippen molar-refractivity contribution in [1.82, 2.24) is 0 Å². The molecule has 0 aliphatic carbocycles. The van der Waals surface area contributed by atoms with Gasteiger partial charge in [-0.05, 0) is 12.8 Å². The molecule has 0 aromatic rings. The molecule has 10 heteroatoms. The molecule has 0 aromatic carbocycles. The Morgan fingerprint density at radius 2 is 0.667 bits per heavy atom. The summed E-state index contributed by atoms with van der Waals surface area (Å²) in [6.07, 6.45) is -10.3. The SMILES string of the molecule is CC[C@H](O)[C@@H](O)[C@@H](O)[C@H](O)CO.CC[C@H](O)[C@@H](O)[C@H](O)[C@H](O)CO. The van der Waals surface area contributed by atoms with E-state index in [9.17, 15) is 0 Å². The maximum absolute atomic E-state index is 9.12. The van der Waals surface area contributed by atoms with E-state index in [0.717, 1.165) is 0 Å². The number of hydrogen-bond acceptors (Lipinski definition) is 10. The van der Waals surface area contributed by atoms with Crippen LogP contribution in [0.4, 0.5) is 0 Å². The molecule has 8 atom stereocenters. The van der Waals surface area contributed by atoms with Gasteiger partial charge in [0, 0.05) is 0 Å². The van der Waals surface area contributed by atoms with Gasteiger partial charge in [-0.3, -0.25) is 0 Å². The first-order valence-electron chi connectivity index (χ1n) is 7.75. The summed E-state index contributed by atoms with van der Waals surface area (Å²) in [6, 6.07) is 0. The molecule has 0 saturated heterocycles. The van der Waals surface area contributed by atoms with Crippen molar-refractivity contribution in [2.24, 2.45) is 0 Å². The Morgan fingerprint density at radius 1 is 0.458 bits per heavy atom. The first-order valence-corrected chi connectivity index (χ1v) is 7.75. The van der Waals surface area contributed by atoms with Crippen LogP contribution < -0.4 is 0 Å². The van der Waals surface area contributed by atoms with Crippen molar-refractivity contribution in [3.8, 4) is 0 Å². The van der Waals surface area contributed by atoms with Gasteiger partial charge in [-0.2, -0.15) is 0 Å². The number of aliphatic hydroxyl groups excluding tert-OH is 10. The molecule has 0 fully saturated rings. The second-order valence-corrected chi connectivity index (χ2v) is 5.41. The second kappa shape index (κ2) is 13.8. The minimum atomic E-state index is -1.51. The molecule has 0 amide bonds. The molecular weight excluding hydrogens is 328 g/mol. The first kappa shape index (κ1) is 25.8. The predicted octanol–water partition coefficient (Wildman–Crippen LogP) is -4.34. The van der Waals surface area contributed by atoms with Crippen molar-refractivity contribution in [3.05, 3.63) is 0 Å². The monoisotopic (exact) mass is 360 g/mol. The van der Waals surface area contributed by atoms with E-state index in [1.54, 1.807) is 13.8 Å². The summed E-state index contributed by atoms with van der Waals surface area (Å²) in [5, 5.41) is 89.0. The summed E-state index contributed by atoms with van der Waals surface area (Å²) in [7, 11) is 0. The third-order valence-electron chi connectivity index (χ3n) is 3.49. The standard InChI is InChI=1S/2C7H16O5/c2*1-2-4(9)6(11)7(12)5(10)3-8/h2*4-12H,2-3H2,1H3/t4-,5+,6+,7+;4-,5+,6+,7-/m00/s1. The van der Waals surface area contributed by atoms with E-state index >= 15 is 0 Å². The van der Waals surface area contributed by atoms with Crippen LogP contribution in [0.3, 0.4) is 0 Å². The quantitative estimate of drug-likeness (QED) is 0.181. The third-order valence-corrected chi connectivity index (χ3v) is 3.49. The van der Waals surface area contributed by atoms with Crippen LogP contribution in [-0.4, -0.2) is 113 Å². The Hall–Kier alpha value is -0.400. The molecule has 0 aromatic heterocycles. The minimum absolute atomic E-state index is 0.274. The summed E-state index contributed by atoms with van der Waals surface area (Å²) in [6.45, 7) is 1.97. The highest BCUT2D eigenvalue weighted by Crippen LogP contribution is 2.07. The van der Waals surface area contributed by atoms with Crippen LogP contribution in [0.1, 0.15) is 26.7 Å². The summed E-state index contributed by atoms with van der Waals surface area (Å²) in [5.74, 6) is 0. The van der Waals surface area contributed by atoms with Gasteiger partial charge >= 0.3 is 0 Å². The van der Waals surface area contributed by atoms with Gasteiger partial charge in [-0.25, -0.2) is 0 Å². The van der Waals surface area contributed by atoms with Crippen LogP contribution >= 0.6 is 0 Å². The van der Waals surface area contributed by atoms with E-state index < -0.39 is 62.0 Å². The maximum atomic E-state index is 9.12. The minimum Gasteiger partial charge on any atom is -0.394 e. The first-order chi connectivity index (χ1) is 11.1. The summed E-state index contributed by atoms with van der Waals surface area (Å²) in [5.41, 5.74) is 0. The van der Waals surface area contributed by atoms with Crippen molar-refractivity contribution in [2.45, 2.75) is 75.5 Å². The van der Waals surface area contributed by atoms with Gasteiger partial charge in [0.15, 0.2) is 0 Å². The molecule has 10 nitrogen and oxygen atoms in total.